The topological polar surface area (TPSA) is 103 Å². The molecule has 4 atom stereocenters. The standard InChI is InChI=1S/C30H29N3O5/c1-16-14-19(10-11-24(16)34)25-21-12-13-31-28(37)32(20-8-6-5-7-9-20)29(38)33(31)23(21)15-22-26(35)17(2)18(3)27(36)30(22,25)4/h5-12,14,22-23,25,34H,13,15H2,1-4H3/t22-,23+,25-,30+/m0/s1. The highest BCUT2D eigenvalue weighted by Crippen LogP contribution is 2.60. The van der Waals surface area contributed by atoms with Gasteiger partial charge < -0.3 is 5.11 Å². The van der Waals surface area contributed by atoms with Gasteiger partial charge >= 0.3 is 11.4 Å². The van der Waals surface area contributed by atoms with Crippen LogP contribution in [-0.4, -0.2) is 30.6 Å². The molecule has 194 valence electrons. The number of phenolic OH excluding ortho intramolecular Hbond substituents is 1. The van der Waals surface area contributed by atoms with E-state index in [4.69, 9.17) is 0 Å². The second-order valence-corrected chi connectivity index (χ2v) is 10.9. The van der Waals surface area contributed by atoms with Gasteiger partial charge in [0.05, 0.1) is 23.7 Å². The third-order valence-electron chi connectivity index (χ3n) is 9.00. The highest BCUT2D eigenvalue weighted by atomic mass is 16.3. The molecular formula is C30H29N3O5. The Hall–Kier alpha value is -4.20. The summed E-state index contributed by atoms with van der Waals surface area (Å²) >= 11 is 0. The molecule has 0 unspecified atom stereocenters. The number of nitrogens with zero attached hydrogens (tertiary/aromatic N) is 3. The molecule has 1 aromatic heterocycles. The van der Waals surface area contributed by atoms with Crippen molar-refractivity contribution in [2.45, 2.75) is 52.6 Å². The Morgan fingerprint density at radius 1 is 0.921 bits per heavy atom. The van der Waals surface area contributed by atoms with Gasteiger partial charge in [-0.05, 0) is 73.2 Å². The maximum atomic E-state index is 14.0. The van der Waals surface area contributed by atoms with Crippen LogP contribution in [0.1, 0.15) is 50.3 Å². The predicted octanol–water partition coefficient (Wildman–Crippen LogP) is 3.59. The summed E-state index contributed by atoms with van der Waals surface area (Å²) in [6, 6.07) is 13.4. The number of hydrogen-bond donors (Lipinski definition) is 1. The molecule has 3 aliphatic rings. The highest BCUT2D eigenvalue weighted by Gasteiger charge is 2.60. The number of aryl methyl sites for hydroxylation is 1. The number of carbonyl (C=O) groups excluding carboxylic acids is 2. The minimum atomic E-state index is -1.07. The van der Waals surface area contributed by atoms with Crippen LogP contribution in [0.3, 0.4) is 0 Å². The zero-order chi connectivity index (χ0) is 27.1. The second-order valence-electron chi connectivity index (χ2n) is 10.9. The smallest absolute Gasteiger partial charge is 0.352 e. The van der Waals surface area contributed by atoms with Gasteiger partial charge in [-0.25, -0.2) is 23.5 Å². The Bertz CT molecular complexity index is 1720. The summed E-state index contributed by atoms with van der Waals surface area (Å²) in [4.78, 5) is 55.0. The van der Waals surface area contributed by atoms with E-state index in [-0.39, 0.29) is 30.3 Å². The Labute approximate surface area is 219 Å². The molecule has 0 saturated heterocycles. The summed E-state index contributed by atoms with van der Waals surface area (Å²) in [7, 11) is 0. The molecule has 2 aromatic carbocycles. The number of hydrogen-bond acceptors (Lipinski definition) is 5. The number of allylic oxidation sites excluding steroid dienone is 4. The van der Waals surface area contributed by atoms with Gasteiger partial charge in [-0.15, -0.1) is 0 Å². The van der Waals surface area contributed by atoms with Crippen LogP contribution in [0.2, 0.25) is 0 Å². The van der Waals surface area contributed by atoms with E-state index in [1.165, 1.54) is 9.36 Å². The first-order chi connectivity index (χ1) is 18.1. The third kappa shape index (κ3) is 3.03. The summed E-state index contributed by atoms with van der Waals surface area (Å²) in [6.45, 7) is 7.22. The van der Waals surface area contributed by atoms with Crippen molar-refractivity contribution in [3.05, 3.63) is 103 Å². The van der Waals surface area contributed by atoms with Gasteiger partial charge in [0.15, 0.2) is 11.6 Å². The zero-order valence-electron chi connectivity index (χ0n) is 21.8. The van der Waals surface area contributed by atoms with Crippen molar-refractivity contribution < 1.29 is 14.7 Å². The molecule has 1 aliphatic heterocycles. The van der Waals surface area contributed by atoms with E-state index in [1.54, 1.807) is 57.2 Å². The number of ketones is 2. The van der Waals surface area contributed by atoms with Gasteiger partial charge in [-0.1, -0.05) is 43.3 Å². The van der Waals surface area contributed by atoms with E-state index in [0.717, 1.165) is 15.7 Å². The van der Waals surface area contributed by atoms with Crippen molar-refractivity contribution in [1.29, 1.82) is 0 Å². The minimum absolute atomic E-state index is 0.0770. The van der Waals surface area contributed by atoms with E-state index in [2.05, 4.69) is 0 Å². The van der Waals surface area contributed by atoms with Crippen molar-refractivity contribution in [3.8, 4) is 11.4 Å². The first kappa shape index (κ1) is 24.2. The predicted molar refractivity (Wildman–Crippen MR) is 142 cm³/mol. The summed E-state index contributed by atoms with van der Waals surface area (Å²) in [5.41, 5.74) is 1.70. The lowest BCUT2D eigenvalue weighted by molar-refractivity contribution is -0.140. The van der Waals surface area contributed by atoms with Crippen molar-refractivity contribution in [1.82, 2.24) is 13.9 Å². The van der Waals surface area contributed by atoms with E-state index in [9.17, 15) is 24.3 Å². The monoisotopic (exact) mass is 511 g/mol. The van der Waals surface area contributed by atoms with Gasteiger partial charge in [-0.3, -0.25) is 9.59 Å². The number of carbonyl (C=O) groups is 2. The molecule has 6 rings (SSSR count). The number of Topliss-reactive ketones (excluding diaryl/α,β-unsaturated/α-hetero) is 2. The fourth-order valence-electron chi connectivity index (χ4n) is 6.88. The lowest BCUT2D eigenvalue weighted by atomic mass is 9.50. The van der Waals surface area contributed by atoms with Crippen LogP contribution < -0.4 is 11.4 Å². The molecule has 1 saturated carbocycles. The van der Waals surface area contributed by atoms with Crippen LogP contribution in [0.4, 0.5) is 0 Å². The molecule has 0 amide bonds. The number of rotatable bonds is 2. The zero-order valence-corrected chi connectivity index (χ0v) is 21.8. The van der Waals surface area contributed by atoms with E-state index < -0.39 is 34.7 Å². The van der Waals surface area contributed by atoms with Gasteiger partial charge in [0.25, 0.3) is 0 Å². The summed E-state index contributed by atoms with van der Waals surface area (Å²) in [5.74, 6) is -1.22. The van der Waals surface area contributed by atoms with Gasteiger partial charge in [0.2, 0.25) is 0 Å². The van der Waals surface area contributed by atoms with Crippen LogP contribution in [0.5, 0.6) is 5.75 Å². The van der Waals surface area contributed by atoms with Crippen molar-refractivity contribution in [2.75, 3.05) is 0 Å². The van der Waals surface area contributed by atoms with Gasteiger partial charge in [0.1, 0.15) is 5.75 Å². The Balaban J connectivity index is 1.61. The van der Waals surface area contributed by atoms with Crippen molar-refractivity contribution in [3.63, 3.8) is 0 Å². The number of benzene rings is 2. The van der Waals surface area contributed by atoms with Crippen molar-refractivity contribution in [2.24, 2.45) is 11.3 Å². The van der Waals surface area contributed by atoms with Crippen LogP contribution >= 0.6 is 0 Å². The average molecular weight is 512 g/mol. The molecule has 0 spiro atoms. The molecule has 2 aliphatic carbocycles. The molecule has 0 bridgehead atoms. The molecule has 2 heterocycles. The summed E-state index contributed by atoms with van der Waals surface area (Å²) < 4.78 is 4.06. The maximum absolute atomic E-state index is 14.0. The first-order valence-electron chi connectivity index (χ1n) is 12.8. The maximum Gasteiger partial charge on any atom is 0.352 e. The SMILES string of the molecule is CC1=C(C)C(=O)[C@@]2(C)[C@@H](c3ccc(O)c(C)c3)C3=CCn4c(=O)n(-c5ccccc5)c(=O)n4[C@@H]3C[C@H]2C1=O. The molecule has 1 N–H and O–H groups in total. The van der Waals surface area contributed by atoms with Crippen LogP contribution in [0.25, 0.3) is 5.69 Å². The fourth-order valence-corrected chi connectivity index (χ4v) is 6.88. The Morgan fingerprint density at radius 2 is 1.63 bits per heavy atom. The molecule has 38 heavy (non-hydrogen) atoms. The normalized spacial score (nSPS) is 26.5. The molecule has 8 heteroatoms. The Kier molecular flexibility index (Phi) is 5.18. The van der Waals surface area contributed by atoms with Gasteiger partial charge in [-0.2, -0.15) is 0 Å². The van der Waals surface area contributed by atoms with Crippen LogP contribution in [-0.2, 0) is 16.1 Å². The summed E-state index contributed by atoms with van der Waals surface area (Å²) in [5, 5.41) is 10.2. The molecule has 0 radical (unpaired) electrons. The summed E-state index contributed by atoms with van der Waals surface area (Å²) in [6.07, 6.45) is 2.18. The lowest BCUT2D eigenvalue weighted by Gasteiger charge is -2.53. The first-order valence-corrected chi connectivity index (χ1v) is 12.8. The fraction of sp³-hybridized carbons (Fsp3) is 0.333. The third-order valence-corrected chi connectivity index (χ3v) is 9.00. The number of phenols is 1. The van der Waals surface area contributed by atoms with Crippen LogP contribution in [0.15, 0.2) is 80.9 Å². The molecular weight excluding hydrogens is 482 g/mol. The van der Waals surface area contributed by atoms with E-state index >= 15 is 0 Å². The minimum Gasteiger partial charge on any atom is -0.508 e. The van der Waals surface area contributed by atoms with E-state index in [0.29, 0.717) is 22.4 Å². The van der Waals surface area contributed by atoms with Crippen LogP contribution in [0, 0.1) is 18.3 Å². The van der Waals surface area contributed by atoms with E-state index in [1.807, 2.05) is 25.1 Å². The molecule has 1 fully saturated rings. The van der Waals surface area contributed by atoms with Crippen molar-refractivity contribution >= 4 is 11.6 Å². The molecule has 8 nitrogen and oxygen atoms in total. The average Bonchev–Trinajstić information content (AvgIpc) is 3.17. The number of para-hydroxylation sites is 1. The number of aromatic nitrogens is 3. The lowest BCUT2D eigenvalue weighted by Crippen LogP contribution is -2.55. The Morgan fingerprint density at radius 3 is 2.32 bits per heavy atom. The molecule has 3 aromatic rings. The second kappa shape index (κ2) is 8.15. The number of aromatic hydroxyl groups is 1. The quantitative estimate of drug-likeness (QED) is 0.530. The van der Waals surface area contributed by atoms with Gasteiger partial charge in [0, 0.05) is 11.8 Å². The largest absolute Gasteiger partial charge is 0.508 e. The number of fused-ring (bicyclic) bond motifs is 4. The highest BCUT2D eigenvalue weighted by molar-refractivity contribution is 6.15.